The van der Waals surface area contributed by atoms with Crippen LogP contribution in [0.4, 0.5) is 0 Å². The van der Waals surface area contributed by atoms with E-state index >= 15 is 0 Å². The fraction of sp³-hybridized carbons (Fsp3) is 0.250. The lowest BCUT2D eigenvalue weighted by atomic mass is 10.1. The molecule has 1 atom stereocenters. The molecule has 0 aliphatic carbocycles. The van der Waals surface area contributed by atoms with Gasteiger partial charge in [0, 0.05) is 13.2 Å². The molecule has 1 unspecified atom stereocenters. The van der Waals surface area contributed by atoms with Crippen molar-refractivity contribution in [2.24, 2.45) is 12.8 Å². The summed E-state index contributed by atoms with van der Waals surface area (Å²) in [6, 6.07) is 1.47. The van der Waals surface area contributed by atoms with Gasteiger partial charge in [-0.2, -0.15) is 0 Å². The SMILES string of the molecule is Cn1nncc1C(N)c1ccncn1. The van der Waals surface area contributed by atoms with Crippen molar-refractivity contribution in [2.75, 3.05) is 0 Å². The maximum atomic E-state index is 5.97. The minimum absolute atomic E-state index is 0.307. The molecule has 0 aromatic carbocycles. The number of hydrogen-bond acceptors (Lipinski definition) is 5. The highest BCUT2D eigenvalue weighted by molar-refractivity contribution is 5.17. The van der Waals surface area contributed by atoms with Gasteiger partial charge < -0.3 is 5.73 Å². The van der Waals surface area contributed by atoms with Gasteiger partial charge in [0.2, 0.25) is 0 Å². The Balaban J connectivity index is 2.34. The van der Waals surface area contributed by atoms with E-state index in [-0.39, 0.29) is 6.04 Å². The van der Waals surface area contributed by atoms with E-state index in [2.05, 4.69) is 20.3 Å². The molecular weight excluding hydrogens is 180 g/mol. The number of aryl methyl sites for hydroxylation is 1. The summed E-state index contributed by atoms with van der Waals surface area (Å²) in [5, 5.41) is 7.56. The molecule has 0 spiro atoms. The van der Waals surface area contributed by atoms with E-state index in [9.17, 15) is 0 Å². The zero-order valence-corrected chi connectivity index (χ0v) is 7.70. The highest BCUT2D eigenvalue weighted by Gasteiger charge is 2.13. The van der Waals surface area contributed by atoms with E-state index in [1.54, 1.807) is 30.2 Å². The molecule has 2 rings (SSSR count). The predicted molar refractivity (Wildman–Crippen MR) is 49.1 cm³/mol. The molecule has 2 aromatic rings. The van der Waals surface area contributed by atoms with Crippen LogP contribution in [0.1, 0.15) is 17.4 Å². The lowest BCUT2D eigenvalue weighted by molar-refractivity contribution is 0.643. The molecule has 0 aliphatic rings. The van der Waals surface area contributed by atoms with Crippen LogP contribution < -0.4 is 5.73 Å². The van der Waals surface area contributed by atoms with Gasteiger partial charge in [-0.05, 0) is 6.07 Å². The first kappa shape index (κ1) is 8.76. The lowest BCUT2D eigenvalue weighted by Crippen LogP contribution is -2.17. The maximum Gasteiger partial charge on any atom is 0.115 e. The second kappa shape index (κ2) is 3.51. The standard InChI is InChI=1S/C8H10N6/c1-14-7(4-12-13-14)8(9)6-2-3-10-5-11-6/h2-5,8H,9H2,1H3. The molecular formula is C8H10N6. The van der Waals surface area contributed by atoms with Crippen molar-refractivity contribution in [1.29, 1.82) is 0 Å². The van der Waals surface area contributed by atoms with Crippen LogP contribution in [0.25, 0.3) is 0 Å². The highest BCUT2D eigenvalue weighted by atomic mass is 15.4. The Labute approximate surface area is 80.8 Å². The third-order valence-electron chi connectivity index (χ3n) is 1.99. The molecule has 14 heavy (non-hydrogen) atoms. The van der Waals surface area contributed by atoms with Crippen molar-refractivity contribution >= 4 is 0 Å². The van der Waals surface area contributed by atoms with Crippen LogP contribution in [0.2, 0.25) is 0 Å². The Hall–Kier alpha value is -1.82. The first-order chi connectivity index (χ1) is 6.79. The third kappa shape index (κ3) is 1.47. The molecule has 6 nitrogen and oxygen atoms in total. The maximum absolute atomic E-state index is 5.97. The van der Waals surface area contributed by atoms with Crippen molar-refractivity contribution in [3.05, 3.63) is 36.2 Å². The summed E-state index contributed by atoms with van der Waals surface area (Å²) in [7, 11) is 1.80. The predicted octanol–water partition coefficient (Wildman–Crippen LogP) is -0.347. The molecule has 72 valence electrons. The number of nitrogens with zero attached hydrogens (tertiary/aromatic N) is 5. The molecule has 0 aliphatic heterocycles. The molecule has 2 heterocycles. The van der Waals surface area contributed by atoms with Crippen molar-refractivity contribution < 1.29 is 0 Å². The van der Waals surface area contributed by atoms with Crippen LogP contribution in [0.15, 0.2) is 24.8 Å². The summed E-state index contributed by atoms with van der Waals surface area (Å²) >= 11 is 0. The van der Waals surface area contributed by atoms with Crippen LogP contribution in [0.3, 0.4) is 0 Å². The smallest absolute Gasteiger partial charge is 0.115 e. The second-order valence-electron chi connectivity index (χ2n) is 2.89. The normalized spacial score (nSPS) is 12.7. The van der Waals surface area contributed by atoms with Gasteiger partial charge in [-0.15, -0.1) is 5.10 Å². The molecule has 0 bridgehead atoms. The van der Waals surface area contributed by atoms with E-state index in [4.69, 9.17) is 5.73 Å². The van der Waals surface area contributed by atoms with Crippen molar-refractivity contribution in [3.8, 4) is 0 Å². The van der Waals surface area contributed by atoms with E-state index in [1.807, 2.05) is 0 Å². The fourth-order valence-corrected chi connectivity index (χ4v) is 1.22. The van der Waals surface area contributed by atoms with Gasteiger partial charge in [-0.3, -0.25) is 4.68 Å². The summed E-state index contributed by atoms with van der Waals surface area (Å²) in [5.41, 5.74) is 7.55. The summed E-state index contributed by atoms with van der Waals surface area (Å²) in [6.07, 6.45) is 4.76. The van der Waals surface area contributed by atoms with Gasteiger partial charge in [0.15, 0.2) is 0 Å². The van der Waals surface area contributed by atoms with Crippen molar-refractivity contribution in [3.63, 3.8) is 0 Å². The highest BCUT2D eigenvalue weighted by Crippen LogP contribution is 2.14. The van der Waals surface area contributed by atoms with E-state index in [0.29, 0.717) is 0 Å². The monoisotopic (exact) mass is 190 g/mol. The topological polar surface area (TPSA) is 82.5 Å². The summed E-state index contributed by atoms with van der Waals surface area (Å²) in [5.74, 6) is 0. The first-order valence-corrected chi connectivity index (χ1v) is 4.15. The van der Waals surface area contributed by atoms with Crippen LogP contribution in [-0.4, -0.2) is 25.0 Å². The van der Waals surface area contributed by atoms with Crippen molar-refractivity contribution in [1.82, 2.24) is 25.0 Å². The zero-order valence-electron chi connectivity index (χ0n) is 7.70. The minimum atomic E-state index is -0.307. The molecule has 0 saturated heterocycles. The van der Waals surface area contributed by atoms with Gasteiger partial charge >= 0.3 is 0 Å². The minimum Gasteiger partial charge on any atom is -0.318 e. The Morgan fingerprint density at radius 3 is 2.93 bits per heavy atom. The van der Waals surface area contributed by atoms with E-state index < -0.39 is 0 Å². The van der Waals surface area contributed by atoms with Gasteiger partial charge in [0.05, 0.1) is 23.6 Å². The summed E-state index contributed by atoms with van der Waals surface area (Å²) in [4.78, 5) is 7.90. The molecule has 0 radical (unpaired) electrons. The van der Waals surface area contributed by atoms with Crippen LogP contribution in [-0.2, 0) is 7.05 Å². The molecule has 0 saturated carbocycles. The average Bonchev–Trinajstić information content (AvgIpc) is 2.65. The Morgan fingerprint density at radius 2 is 2.36 bits per heavy atom. The van der Waals surface area contributed by atoms with E-state index in [1.165, 1.54) is 6.33 Å². The zero-order chi connectivity index (χ0) is 9.97. The van der Waals surface area contributed by atoms with Crippen molar-refractivity contribution in [2.45, 2.75) is 6.04 Å². The van der Waals surface area contributed by atoms with Gasteiger partial charge in [-0.25, -0.2) is 9.97 Å². The molecule has 2 N–H and O–H groups in total. The van der Waals surface area contributed by atoms with Crippen LogP contribution >= 0.6 is 0 Å². The van der Waals surface area contributed by atoms with Crippen LogP contribution in [0, 0.1) is 0 Å². The number of hydrogen-bond donors (Lipinski definition) is 1. The van der Waals surface area contributed by atoms with Crippen LogP contribution in [0.5, 0.6) is 0 Å². The number of nitrogens with two attached hydrogens (primary N) is 1. The quantitative estimate of drug-likeness (QED) is 0.700. The molecule has 6 heteroatoms. The van der Waals surface area contributed by atoms with Gasteiger partial charge in [-0.1, -0.05) is 5.21 Å². The Morgan fingerprint density at radius 1 is 1.50 bits per heavy atom. The largest absolute Gasteiger partial charge is 0.318 e. The van der Waals surface area contributed by atoms with Gasteiger partial charge in [0.1, 0.15) is 6.33 Å². The Bertz CT molecular complexity index is 409. The molecule has 2 aromatic heterocycles. The number of aromatic nitrogens is 5. The average molecular weight is 190 g/mol. The van der Waals surface area contributed by atoms with E-state index in [0.717, 1.165) is 11.4 Å². The fourth-order valence-electron chi connectivity index (χ4n) is 1.22. The second-order valence-corrected chi connectivity index (χ2v) is 2.89. The lowest BCUT2D eigenvalue weighted by Gasteiger charge is -2.09. The number of rotatable bonds is 2. The third-order valence-corrected chi connectivity index (χ3v) is 1.99. The first-order valence-electron chi connectivity index (χ1n) is 4.15. The summed E-state index contributed by atoms with van der Waals surface area (Å²) < 4.78 is 1.63. The molecule has 0 fully saturated rings. The summed E-state index contributed by atoms with van der Waals surface area (Å²) in [6.45, 7) is 0. The van der Waals surface area contributed by atoms with Gasteiger partial charge in [0.25, 0.3) is 0 Å². The Kier molecular flexibility index (Phi) is 2.19. The molecule has 0 amide bonds.